The highest BCUT2D eigenvalue weighted by molar-refractivity contribution is 8.14. The number of nitrogens with one attached hydrogen (secondary N) is 1. The first kappa shape index (κ1) is 15.1. The van der Waals surface area contributed by atoms with E-state index in [1.165, 1.54) is 0 Å². The van der Waals surface area contributed by atoms with E-state index in [1.54, 1.807) is 49.6 Å². The number of hydrogen-bond acceptors (Lipinski definition) is 4. The Hall–Kier alpha value is -2.27. The molecule has 2 aromatic carbocycles. The standard InChI is InChI=1S/C16H15NO3S/c1-20-14-10-6-5-9-13(14)17-15(18)11-21-16(19)12-7-3-2-4-8-12/h2-10H,11H2,1H3,(H,17,18). The zero-order valence-electron chi connectivity index (χ0n) is 11.5. The van der Waals surface area contributed by atoms with Crippen molar-refractivity contribution in [2.75, 3.05) is 18.2 Å². The second-order valence-electron chi connectivity index (χ2n) is 4.19. The zero-order chi connectivity index (χ0) is 15.1. The lowest BCUT2D eigenvalue weighted by molar-refractivity contribution is -0.113. The molecule has 0 radical (unpaired) electrons. The number of benzene rings is 2. The van der Waals surface area contributed by atoms with Crippen LogP contribution in [0.4, 0.5) is 5.69 Å². The van der Waals surface area contributed by atoms with Crippen molar-refractivity contribution in [2.45, 2.75) is 0 Å². The Bertz CT molecular complexity index is 628. The van der Waals surface area contributed by atoms with Gasteiger partial charge in [-0.1, -0.05) is 54.2 Å². The molecule has 1 N–H and O–H groups in total. The van der Waals surface area contributed by atoms with Crippen LogP contribution in [0.2, 0.25) is 0 Å². The minimum absolute atomic E-state index is 0.0613. The van der Waals surface area contributed by atoms with Gasteiger partial charge in [-0.2, -0.15) is 0 Å². The first-order valence-electron chi connectivity index (χ1n) is 6.36. The number of amides is 1. The zero-order valence-corrected chi connectivity index (χ0v) is 12.4. The number of carbonyl (C=O) groups excluding carboxylic acids is 2. The summed E-state index contributed by atoms with van der Waals surface area (Å²) < 4.78 is 5.15. The van der Waals surface area contributed by atoms with E-state index in [0.29, 0.717) is 17.0 Å². The van der Waals surface area contributed by atoms with Gasteiger partial charge in [0.25, 0.3) is 0 Å². The molecule has 0 aliphatic rings. The van der Waals surface area contributed by atoms with Crippen LogP contribution in [-0.4, -0.2) is 23.9 Å². The predicted molar refractivity (Wildman–Crippen MR) is 84.9 cm³/mol. The number of methoxy groups -OCH3 is 1. The third-order valence-electron chi connectivity index (χ3n) is 2.72. The molecule has 1 amide bonds. The Balaban J connectivity index is 1.89. The maximum Gasteiger partial charge on any atom is 0.234 e. The highest BCUT2D eigenvalue weighted by Gasteiger charge is 2.11. The lowest BCUT2D eigenvalue weighted by Gasteiger charge is -2.09. The van der Waals surface area contributed by atoms with Gasteiger partial charge in [0.15, 0.2) is 0 Å². The molecule has 4 nitrogen and oxygen atoms in total. The molecule has 0 atom stereocenters. The van der Waals surface area contributed by atoms with Gasteiger partial charge in [0, 0.05) is 5.56 Å². The fourth-order valence-electron chi connectivity index (χ4n) is 1.72. The van der Waals surface area contributed by atoms with Gasteiger partial charge >= 0.3 is 0 Å². The van der Waals surface area contributed by atoms with Crippen molar-refractivity contribution in [3.05, 3.63) is 60.2 Å². The third kappa shape index (κ3) is 4.36. The van der Waals surface area contributed by atoms with Crippen LogP contribution in [0.5, 0.6) is 5.75 Å². The lowest BCUT2D eigenvalue weighted by Crippen LogP contribution is -2.15. The second kappa shape index (κ2) is 7.50. The summed E-state index contributed by atoms with van der Waals surface area (Å²) in [5, 5.41) is 2.61. The van der Waals surface area contributed by atoms with Gasteiger partial charge in [-0.3, -0.25) is 9.59 Å². The van der Waals surface area contributed by atoms with E-state index in [4.69, 9.17) is 4.74 Å². The molecule has 0 saturated heterocycles. The summed E-state index contributed by atoms with van der Waals surface area (Å²) in [6, 6.07) is 16.0. The van der Waals surface area contributed by atoms with E-state index in [2.05, 4.69) is 5.32 Å². The molecule has 0 heterocycles. The number of carbonyl (C=O) groups is 2. The van der Waals surface area contributed by atoms with E-state index in [-0.39, 0.29) is 16.8 Å². The van der Waals surface area contributed by atoms with E-state index in [0.717, 1.165) is 11.8 Å². The number of rotatable bonds is 5. The number of hydrogen-bond donors (Lipinski definition) is 1. The third-order valence-corrected chi connectivity index (χ3v) is 3.63. The fourth-order valence-corrected chi connectivity index (χ4v) is 2.36. The van der Waals surface area contributed by atoms with Gasteiger partial charge in [0.05, 0.1) is 18.6 Å². The maximum absolute atomic E-state index is 11.9. The second-order valence-corrected chi connectivity index (χ2v) is 5.14. The Morgan fingerprint density at radius 1 is 1.05 bits per heavy atom. The van der Waals surface area contributed by atoms with Gasteiger partial charge in [-0.15, -0.1) is 0 Å². The SMILES string of the molecule is COc1ccccc1NC(=O)CSC(=O)c1ccccc1. The van der Waals surface area contributed by atoms with E-state index in [1.807, 2.05) is 12.1 Å². The molecule has 21 heavy (non-hydrogen) atoms. The molecule has 0 saturated carbocycles. The van der Waals surface area contributed by atoms with Gasteiger partial charge in [0.1, 0.15) is 5.75 Å². The van der Waals surface area contributed by atoms with Gasteiger partial charge in [0.2, 0.25) is 11.0 Å². The number of para-hydroxylation sites is 2. The Morgan fingerprint density at radius 2 is 1.71 bits per heavy atom. The minimum atomic E-state index is -0.242. The van der Waals surface area contributed by atoms with E-state index < -0.39 is 0 Å². The molecule has 0 spiro atoms. The molecule has 0 aliphatic carbocycles. The van der Waals surface area contributed by atoms with Crippen molar-refractivity contribution in [3.8, 4) is 5.75 Å². The van der Waals surface area contributed by atoms with Gasteiger partial charge < -0.3 is 10.1 Å². The van der Waals surface area contributed by atoms with Gasteiger partial charge in [-0.25, -0.2) is 0 Å². The summed E-state index contributed by atoms with van der Waals surface area (Å²) in [5.74, 6) is 0.408. The molecule has 0 bridgehead atoms. The quantitative estimate of drug-likeness (QED) is 0.921. The van der Waals surface area contributed by atoms with Crippen LogP contribution in [0.15, 0.2) is 54.6 Å². The molecule has 2 aromatic rings. The predicted octanol–water partition coefficient (Wildman–Crippen LogP) is 3.21. The van der Waals surface area contributed by atoms with Crippen LogP contribution in [-0.2, 0) is 4.79 Å². The van der Waals surface area contributed by atoms with Gasteiger partial charge in [-0.05, 0) is 12.1 Å². The number of ether oxygens (including phenoxy) is 1. The minimum Gasteiger partial charge on any atom is -0.495 e. The van der Waals surface area contributed by atoms with Crippen molar-refractivity contribution in [3.63, 3.8) is 0 Å². The topological polar surface area (TPSA) is 55.4 Å². The molecule has 5 heteroatoms. The smallest absolute Gasteiger partial charge is 0.234 e. The molecule has 2 rings (SSSR count). The summed E-state index contributed by atoms with van der Waals surface area (Å²) in [6.45, 7) is 0. The largest absolute Gasteiger partial charge is 0.495 e. The van der Waals surface area contributed by atoms with Crippen molar-refractivity contribution < 1.29 is 14.3 Å². The normalized spacial score (nSPS) is 9.95. The number of anilines is 1. The van der Waals surface area contributed by atoms with E-state index >= 15 is 0 Å². The average Bonchev–Trinajstić information content (AvgIpc) is 2.54. The first-order valence-corrected chi connectivity index (χ1v) is 7.34. The van der Waals surface area contributed by atoms with Crippen molar-refractivity contribution >= 4 is 28.5 Å². The Kier molecular flexibility index (Phi) is 5.40. The van der Waals surface area contributed by atoms with Crippen LogP contribution in [0.25, 0.3) is 0 Å². The van der Waals surface area contributed by atoms with Crippen LogP contribution in [0, 0.1) is 0 Å². The lowest BCUT2D eigenvalue weighted by atomic mass is 10.2. The summed E-state index contributed by atoms with van der Waals surface area (Å²) in [7, 11) is 1.54. The van der Waals surface area contributed by atoms with E-state index in [9.17, 15) is 9.59 Å². The highest BCUT2D eigenvalue weighted by Crippen LogP contribution is 2.23. The summed E-state index contributed by atoms with van der Waals surface area (Å²) in [4.78, 5) is 23.8. The molecular formula is C16H15NO3S. The van der Waals surface area contributed by atoms with Crippen molar-refractivity contribution in [2.24, 2.45) is 0 Å². The van der Waals surface area contributed by atoms with Crippen LogP contribution >= 0.6 is 11.8 Å². The number of thioether (sulfide) groups is 1. The Labute approximate surface area is 127 Å². The maximum atomic E-state index is 11.9. The average molecular weight is 301 g/mol. The molecular weight excluding hydrogens is 286 g/mol. The van der Waals surface area contributed by atoms with Crippen molar-refractivity contribution in [1.29, 1.82) is 0 Å². The summed E-state index contributed by atoms with van der Waals surface area (Å²) >= 11 is 0.979. The molecule has 108 valence electrons. The first-order chi connectivity index (χ1) is 10.2. The van der Waals surface area contributed by atoms with Crippen LogP contribution in [0.1, 0.15) is 10.4 Å². The molecule has 0 fully saturated rings. The molecule has 0 aromatic heterocycles. The summed E-state index contributed by atoms with van der Waals surface area (Å²) in [6.07, 6.45) is 0. The van der Waals surface area contributed by atoms with Crippen LogP contribution < -0.4 is 10.1 Å². The van der Waals surface area contributed by atoms with Crippen molar-refractivity contribution in [1.82, 2.24) is 0 Å². The molecule has 0 unspecified atom stereocenters. The highest BCUT2D eigenvalue weighted by atomic mass is 32.2. The summed E-state index contributed by atoms with van der Waals surface area (Å²) in [5.41, 5.74) is 1.19. The monoisotopic (exact) mass is 301 g/mol. The fraction of sp³-hybridized carbons (Fsp3) is 0.125. The molecule has 0 aliphatic heterocycles. The Morgan fingerprint density at radius 3 is 2.43 bits per heavy atom. The van der Waals surface area contributed by atoms with Crippen LogP contribution in [0.3, 0.4) is 0 Å².